The van der Waals surface area contributed by atoms with Gasteiger partial charge in [0.1, 0.15) is 5.54 Å². The lowest BCUT2D eigenvalue weighted by atomic mass is 9.72. The number of nitriles is 1. The van der Waals surface area contributed by atoms with Crippen molar-refractivity contribution in [1.29, 1.82) is 5.26 Å². The van der Waals surface area contributed by atoms with Crippen LogP contribution in [0.3, 0.4) is 0 Å². The van der Waals surface area contributed by atoms with Crippen molar-refractivity contribution in [2.24, 2.45) is 0 Å². The molecule has 2 aromatic rings. The van der Waals surface area contributed by atoms with Crippen LogP contribution in [0.5, 0.6) is 0 Å². The Hall–Kier alpha value is -4.43. The first-order valence-corrected chi connectivity index (χ1v) is 20.4. The van der Waals surface area contributed by atoms with Crippen molar-refractivity contribution >= 4 is 52.3 Å². The summed E-state index contributed by atoms with van der Waals surface area (Å²) in [5, 5.41) is 14.8. The maximum Gasteiger partial charge on any atom is 0.417 e. The number of rotatable bonds is 11. The van der Waals surface area contributed by atoms with Gasteiger partial charge in [-0.05, 0) is 114 Å². The molecule has 3 aliphatic heterocycles. The molecule has 12 nitrogen and oxygen atoms in total. The summed E-state index contributed by atoms with van der Waals surface area (Å²) < 4.78 is 47.5. The van der Waals surface area contributed by atoms with Crippen LogP contribution in [0.1, 0.15) is 96.3 Å². The monoisotopic (exact) mass is 823 g/mol. The molecule has 312 valence electrons. The third-order valence-electron chi connectivity index (χ3n) is 12.5. The molecule has 3 atom stereocenters. The number of thiocarbonyl (C=S) groups is 1. The minimum Gasteiger partial charge on any atom is -0.377 e. The Labute approximate surface area is 343 Å². The number of piperazine rings is 1. The summed E-state index contributed by atoms with van der Waals surface area (Å²) in [6.07, 6.45) is -0.518. The van der Waals surface area contributed by atoms with E-state index < -0.39 is 34.2 Å². The molecule has 1 saturated carbocycles. The van der Waals surface area contributed by atoms with Crippen LogP contribution in [0.15, 0.2) is 42.5 Å². The Morgan fingerprint density at radius 2 is 1.69 bits per heavy atom. The van der Waals surface area contributed by atoms with Crippen molar-refractivity contribution in [3.63, 3.8) is 0 Å². The van der Waals surface area contributed by atoms with Gasteiger partial charge in [-0.25, -0.2) is 0 Å². The van der Waals surface area contributed by atoms with Crippen molar-refractivity contribution in [2.75, 3.05) is 43.0 Å². The molecule has 3 saturated heterocycles. The van der Waals surface area contributed by atoms with Gasteiger partial charge in [0.2, 0.25) is 17.7 Å². The molecule has 0 spiro atoms. The first-order valence-electron chi connectivity index (χ1n) is 20.0. The summed E-state index contributed by atoms with van der Waals surface area (Å²) in [4.78, 5) is 58.9. The molecule has 3 heterocycles. The number of piperidine rings is 1. The number of ether oxygens (including phenoxy) is 1. The molecule has 16 heteroatoms. The van der Waals surface area contributed by atoms with Gasteiger partial charge in [-0.2, -0.15) is 18.4 Å². The fraction of sp³-hybridized carbons (Fsp3) is 0.571. The number of anilines is 2. The van der Waals surface area contributed by atoms with Crippen molar-refractivity contribution in [2.45, 2.75) is 121 Å². The molecule has 0 radical (unpaired) electrons. The quantitative estimate of drug-likeness (QED) is 0.214. The third kappa shape index (κ3) is 8.64. The Morgan fingerprint density at radius 3 is 2.28 bits per heavy atom. The van der Waals surface area contributed by atoms with Crippen LogP contribution >= 0.6 is 12.2 Å². The SMILES string of the molecule is CC[C@@]1(c2ccc(NC(=O)CN3[C@H](C)CN(CCOC4CCC(N5C(=S)N(c6ccc(C#N)c(C(F)(F)F)c6)C(=O)C5(C)C)CC4)C[C@@H]3C)cc2)CCC(=O)NC1=O. The van der Waals surface area contributed by atoms with Gasteiger partial charge in [0.05, 0.1) is 47.6 Å². The number of imide groups is 1. The van der Waals surface area contributed by atoms with E-state index >= 15 is 0 Å². The van der Waals surface area contributed by atoms with E-state index in [9.17, 15) is 37.6 Å². The smallest absolute Gasteiger partial charge is 0.377 e. The van der Waals surface area contributed by atoms with Crippen molar-refractivity contribution in [1.82, 2.24) is 20.0 Å². The van der Waals surface area contributed by atoms with Gasteiger partial charge in [0.25, 0.3) is 5.91 Å². The molecule has 4 amide bonds. The summed E-state index contributed by atoms with van der Waals surface area (Å²) >= 11 is 5.74. The second-order valence-corrected chi connectivity index (χ2v) is 16.9. The number of hydrogen-bond acceptors (Lipinski definition) is 9. The van der Waals surface area contributed by atoms with Gasteiger partial charge in [-0.1, -0.05) is 19.1 Å². The van der Waals surface area contributed by atoms with Crippen LogP contribution in [0, 0.1) is 11.3 Å². The zero-order valence-electron chi connectivity index (χ0n) is 33.7. The van der Waals surface area contributed by atoms with Gasteiger partial charge in [0, 0.05) is 49.9 Å². The standard InChI is InChI=1S/C42H52F3N7O5S/c1-6-41(18-17-35(53)48-37(41)55)29-8-10-30(11-9-29)47-36(54)25-50-26(2)23-49(24-27(50)3)19-20-57-33-15-13-31(14-16-33)52-39(58)51(38(56)40(52,4)5)32-12-7-28(22-46)34(21-32)42(43,44)45/h7-12,21,26-27,31,33H,6,13-20,23-25H2,1-5H3,(H,47,54)(H,48,53,55)/t26-,27+,31?,33?,41-/m0/s1. The first-order chi connectivity index (χ1) is 27.4. The van der Waals surface area contributed by atoms with Gasteiger partial charge in [0.15, 0.2) is 5.11 Å². The van der Waals surface area contributed by atoms with E-state index in [0.29, 0.717) is 44.4 Å². The molecule has 1 aliphatic carbocycles. The van der Waals surface area contributed by atoms with Gasteiger partial charge < -0.3 is 15.0 Å². The normalized spacial score (nSPS) is 27.1. The van der Waals surface area contributed by atoms with Crippen molar-refractivity contribution in [3.8, 4) is 6.07 Å². The lowest BCUT2D eigenvalue weighted by Crippen LogP contribution is -2.58. The molecule has 4 aliphatic rings. The lowest BCUT2D eigenvalue weighted by molar-refractivity contribution is -0.139. The summed E-state index contributed by atoms with van der Waals surface area (Å²) in [5.74, 6) is -1.07. The molecule has 2 N–H and O–H groups in total. The minimum atomic E-state index is -4.76. The molecule has 0 bridgehead atoms. The van der Waals surface area contributed by atoms with E-state index in [4.69, 9.17) is 17.0 Å². The minimum absolute atomic E-state index is 0.0118. The van der Waals surface area contributed by atoms with E-state index in [2.05, 4.69) is 34.3 Å². The second-order valence-electron chi connectivity index (χ2n) is 16.6. The number of benzene rings is 2. The number of hydrogen-bond donors (Lipinski definition) is 2. The highest BCUT2D eigenvalue weighted by molar-refractivity contribution is 7.80. The fourth-order valence-electron chi connectivity index (χ4n) is 9.24. The third-order valence-corrected chi connectivity index (χ3v) is 12.9. The molecule has 58 heavy (non-hydrogen) atoms. The molecule has 4 fully saturated rings. The van der Waals surface area contributed by atoms with E-state index in [1.807, 2.05) is 24.0 Å². The first kappa shape index (κ1) is 43.2. The average Bonchev–Trinajstić information content (AvgIpc) is 3.35. The molecule has 2 aromatic carbocycles. The topological polar surface area (TPSA) is 138 Å². The van der Waals surface area contributed by atoms with Crippen LogP contribution < -0.4 is 15.5 Å². The molecule has 0 aromatic heterocycles. The summed E-state index contributed by atoms with van der Waals surface area (Å²) in [7, 11) is 0. The number of carbonyl (C=O) groups excluding carboxylic acids is 4. The van der Waals surface area contributed by atoms with Crippen molar-refractivity contribution < 1.29 is 37.1 Å². The average molecular weight is 824 g/mol. The summed E-state index contributed by atoms with van der Waals surface area (Å²) in [6, 6.07) is 12.3. The highest BCUT2D eigenvalue weighted by atomic mass is 32.1. The predicted octanol–water partition coefficient (Wildman–Crippen LogP) is 5.73. The predicted molar refractivity (Wildman–Crippen MR) is 216 cm³/mol. The maximum atomic E-state index is 13.7. The van der Waals surface area contributed by atoms with Crippen LogP contribution in [-0.2, 0) is 35.5 Å². The Kier molecular flexibility index (Phi) is 12.7. The number of nitrogens with zero attached hydrogens (tertiary/aromatic N) is 5. The number of carbonyl (C=O) groups is 4. The molecular weight excluding hydrogens is 772 g/mol. The van der Waals surface area contributed by atoms with Crippen LogP contribution in [0.2, 0.25) is 0 Å². The van der Waals surface area contributed by atoms with Crippen molar-refractivity contribution in [3.05, 3.63) is 59.2 Å². The Balaban J connectivity index is 0.950. The van der Waals surface area contributed by atoms with Crippen LogP contribution in [0.4, 0.5) is 24.5 Å². The number of halogens is 3. The van der Waals surface area contributed by atoms with E-state index in [1.165, 1.54) is 6.07 Å². The highest BCUT2D eigenvalue weighted by Gasteiger charge is 2.53. The zero-order chi connectivity index (χ0) is 42.2. The molecule has 0 unspecified atom stereocenters. The maximum absolute atomic E-state index is 13.7. The fourth-order valence-corrected chi connectivity index (χ4v) is 9.80. The molecular formula is C42H52F3N7O5S. The lowest BCUT2D eigenvalue weighted by Gasteiger charge is -2.44. The highest BCUT2D eigenvalue weighted by Crippen LogP contribution is 2.41. The Bertz CT molecular complexity index is 1950. The van der Waals surface area contributed by atoms with Gasteiger partial charge >= 0.3 is 6.18 Å². The number of amides is 4. The summed E-state index contributed by atoms with van der Waals surface area (Å²) in [5.41, 5.74) is -1.99. The zero-order valence-corrected chi connectivity index (χ0v) is 34.5. The van der Waals surface area contributed by atoms with Crippen LogP contribution in [-0.4, -0.2) is 106 Å². The van der Waals surface area contributed by atoms with E-state index in [0.717, 1.165) is 55.1 Å². The largest absolute Gasteiger partial charge is 0.417 e. The van der Waals surface area contributed by atoms with Gasteiger partial charge in [-0.15, -0.1) is 0 Å². The summed E-state index contributed by atoms with van der Waals surface area (Å²) in [6.45, 7) is 12.7. The number of nitrogens with one attached hydrogen (secondary N) is 2. The number of alkyl halides is 3. The Morgan fingerprint density at radius 1 is 1.03 bits per heavy atom. The van der Waals surface area contributed by atoms with Gasteiger partial charge in [-0.3, -0.25) is 39.2 Å². The molecule has 6 rings (SSSR count). The van der Waals surface area contributed by atoms with Crippen LogP contribution in [0.25, 0.3) is 0 Å². The van der Waals surface area contributed by atoms with E-state index in [-0.39, 0.29) is 59.3 Å². The second kappa shape index (κ2) is 17.0. The van der Waals surface area contributed by atoms with E-state index in [1.54, 1.807) is 32.0 Å².